The third-order valence-electron chi connectivity index (χ3n) is 9.06. The molecule has 0 unspecified atom stereocenters. The molecule has 0 atom stereocenters. The van der Waals surface area contributed by atoms with Crippen molar-refractivity contribution in [3.63, 3.8) is 0 Å². The molecule has 0 aliphatic carbocycles. The Labute approximate surface area is 304 Å². The van der Waals surface area contributed by atoms with Crippen molar-refractivity contribution in [1.82, 2.24) is 4.98 Å². The van der Waals surface area contributed by atoms with Crippen LogP contribution in [0.25, 0.3) is 0 Å². The lowest BCUT2D eigenvalue weighted by molar-refractivity contribution is -0.697. The molecular weight excluding hydrogens is 648 g/mol. The van der Waals surface area contributed by atoms with E-state index in [0.717, 1.165) is 6.42 Å². The van der Waals surface area contributed by atoms with E-state index in [9.17, 15) is 0 Å². The molecule has 0 bridgehead atoms. The number of pyridine rings is 2. The summed E-state index contributed by atoms with van der Waals surface area (Å²) in [6.45, 7) is 5.76. The van der Waals surface area contributed by atoms with Gasteiger partial charge in [0.2, 0.25) is 0 Å². The predicted octanol–water partition coefficient (Wildman–Crippen LogP) is 14.6. The molecule has 0 fully saturated rings. The fourth-order valence-electron chi connectivity index (χ4n) is 6.12. The average Bonchev–Trinajstić information content (AvgIpc) is 3.06. The van der Waals surface area contributed by atoms with Crippen molar-refractivity contribution in [3.8, 4) is 0 Å². The van der Waals surface area contributed by atoms with Gasteiger partial charge in [-0.1, -0.05) is 187 Å². The third-order valence-corrected chi connectivity index (χ3v) is 9.06. The Morgan fingerprint density at radius 1 is 0.435 bits per heavy atom. The van der Waals surface area contributed by atoms with Gasteiger partial charge < -0.3 is 0 Å². The molecule has 268 valence electrons. The van der Waals surface area contributed by atoms with Crippen LogP contribution in [-0.2, 0) is 13.0 Å². The maximum Gasteiger partial charge on any atom is 0.168 e. The molecule has 2 heterocycles. The van der Waals surface area contributed by atoms with Gasteiger partial charge in [0.25, 0.3) is 0 Å². The largest absolute Gasteiger partial charge is 0.261 e. The quantitative estimate of drug-likeness (QED) is 0.0579. The highest BCUT2D eigenvalue weighted by molar-refractivity contribution is 8.93. The van der Waals surface area contributed by atoms with Gasteiger partial charge in [-0.25, -0.2) is 4.57 Å². The highest BCUT2D eigenvalue weighted by Crippen LogP contribution is 2.14. The van der Waals surface area contributed by atoms with E-state index in [2.05, 4.69) is 66.1 Å². The van der Waals surface area contributed by atoms with Gasteiger partial charge in [0.1, 0.15) is 6.54 Å². The van der Waals surface area contributed by atoms with Gasteiger partial charge in [-0.05, 0) is 31.4 Å². The molecule has 0 radical (unpaired) electrons. The minimum atomic E-state index is 0. The van der Waals surface area contributed by atoms with Crippen LogP contribution in [0.2, 0.25) is 0 Å². The lowest BCUT2D eigenvalue weighted by Crippen LogP contribution is -2.32. The van der Waals surface area contributed by atoms with Crippen LogP contribution in [0.15, 0.2) is 55.0 Å². The summed E-state index contributed by atoms with van der Waals surface area (Å²) in [5, 5.41) is 0. The second-order valence-corrected chi connectivity index (χ2v) is 13.4. The van der Waals surface area contributed by atoms with E-state index in [0.29, 0.717) is 0 Å². The third kappa shape index (κ3) is 34.4. The number of rotatable bonds is 30. The maximum absolute atomic E-state index is 4.38. The number of nitrogens with zero attached hydrogens (tertiary/aromatic N) is 2. The number of hydrogen-bond acceptors (Lipinski definition) is 1. The van der Waals surface area contributed by atoms with Crippen molar-refractivity contribution >= 4 is 29.4 Å². The topological polar surface area (TPSA) is 16.8 Å². The van der Waals surface area contributed by atoms with Crippen molar-refractivity contribution in [3.05, 3.63) is 60.7 Å². The highest BCUT2D eigenvalue weighted by Gasteiger charge is 1.99. The lowest BCUT2D eigenvalue weighted by atomic mass is 10.0. The molecule has 2 nitrogen and oxygen atoms in total. The van der Waals surface area contributed by atoms with Crippen molar-refractivity contribution in [2.24, 2.45) is 0 Å². The van der Waals surface area contributed by atoms with Gasteiger partial charge in [-0.2, -0.15) is 0 Å². The molecule has 0 aliphatic rings. The molecule has 0 aliphatic heterocycles. The molecular formula is C42H77BrClN2+. The van der Waals surface area contributed by atoms with Crippen LogP contribution in [0.1, 0.15) is 199 Å². The summed E-state index contributed by atoms with van der Waals surface area (Å²) in [6, 6.07) is 12.5. The van der Waals surface area contributed by atoms with Crippen molar-refractivity contribution in [1.29, 1.82) is 0 Å². The first-order valence-corrected chi connectivity index (χ1v) is 19.7. The van der Waals surface area contributed by atoms with Crippen molar-refractivity contribution < 1.29 is 4.57 Å². The second-order valence-electron chi connectivity index (χ2n) is 13.4. The zero-order valence-electron chi connectivity index (χ0n) is 30.6. The van der Waals surface area contributed by atoms with Crippen LogP contribution in [0.3, 0.4) is 0 Å². The van der Waals surface area contributed by atoms with Gasteiger partial charge in [-0.3, -0.25) is 4.98 Å². The van der Waals surface area contributed by atoms with Crippen LogP contribution in [-0.4, -0.2) is 4.98 Å². The molecule has 46 heavy (non-hydrogen) atoms. The van der Waals surface area contributed by atoms with E-state index < -0.39 is 0 Å². The molecule has 0 N–H and O–H groups in total. The predicted molar refractivity (Wildman–Crippen MR) is 213 cm³/mol. The molecule has 0 aromatic carbocycles. The minimum absolute atomic E-state index is 0. The Balaban J connectivity index is 0. The smallest absolute Gasteiger partial charge is 0.168 e. The molecule has 0 spiro atoms. The highest BCUT2D eigenvalue weighted by atomic mass is 79.9. The van der Waals surface area contributed by atoms with E-state index >= 15 is 0 Å². The van der Waals surface area contributed by atoms with E-state index in [-0.39, 0.29) is 29.4 Å². The summed E-state index contributed by atoms with van der Waals surface area (Å²) >= 11 is 0. The fourth-order valence-corrected chi connectivity index (χ4v) is 6.12. The Bertz CT molecular complexity index is 721. The number of aryl methyl sites for hydroxylation is 2. The van der Waals surface area contributed by atoms with E-state index in [1.807, 2.05) is 12.3 Å². The Hall–Kier alpha value is -0.930. The monoisotopic (exact) mass is 723 g/mol. The first-order valence-electron chi connectivity index (χ1n) is 19.7. The number of aromatic nitrogens is 2. The zero-order chi connectivity index (χ0) is 31.4. The average molecular weight is 725 g/mol. The number of unbranched alkanes of at least 4 members (excludes halogenated alkanes) is 26. The SMILES string of the molecule is Br.CCCCCCCCCCCCCCCC[n+]1ccccc1.CCCCCCCCCCCCCCCCc1ccccn1.Cl. The summed E-state index contributed by atoms with van der Waals surface area (Å²) in [5.74, 6) is 0. The van der Waals surface area contributed by atoms with Crippen LogP contribution >= 0.6 is 29.4 Å². The summed E-state index contributed by atoms with van der Waals surface area (Å²) < 4.78 is 2.29. The van der Waals surface area contributed by atoms with Gasteiger partial charge >= 0.3 is 0 Å². The van der Waals surface area contributed by atoms with Crippen LogP contribution in [0.4, 0.5) is 0 Å². The van der Waals surface area contributed by atoms with E-state index in [4.69, 9.17) is 0 Å². The van der Waals surface area contributed by atoms with Gasteiger partial charge in [0.15, 0.2) is 12.4 Å². The fraction of sp³-hybridized carbons (Fsp3) is 0.762. The summed E-state index contributed by atoms with van der Waals surface area (Å²) in [7, 11) is 0. The van der Waals surface area contributed by atoms with Crippen molar-refractivity contribution in [2.45, 2.75) is 207 Å². The van der Waals surface area contributed by atoms with Crippen LogP contribution in [0.5, 0.6) is 0 Å². The Morgan fingerprint density at radius 3 is 1.17 bits per heavy atom. The van der Waals surface area contributed by atoms with E-state index in [1.54, 1.807) is 0 Å². The molecule has 2 aromatic rings. The summed E-state index contributed by atoms with van der Waals surface area (Å²) in [6.07, 6.45) is 47.4. The molecule has 0 saturated carbocycles. The molecule has 0 amide bonds. The number of halogens is 2. The first kappa shape index (κ1) is 47.2. The zero-order valence-corrected chi connectivity index (χ0v) is 33.1. The molecule has 2 rings (SSSR count). The molecule has 0 saturated heterocycles. The van der Waals surface area contributed by atoms with E-state index in [1.165, 1.54) is 192 Å². The lowest BCUT2D eigenvalue weighted by Gasteiger charge is -2.03. The van der Waals surface area contributed by atoms with Crippen molar-refractivity contribution in [2.75, 3.05) is 0 Å². The van der Waals surface area contributed by atoms with Crippen LogP contribution in [0, 0.1) is 0 Å². The second kappa shape index (κ2) is 40.2. The summed E-state index contributed by atoms with van der Waals surface area (Å²) in [5.41, 5.74) is 1.25. The van der Waals surface area contributed by atoms with Gasteiger partial charge in [-0.15, -0.1) is 29.4 Å². The Kier molecular flexibility index (Phi) is 41.3. The van der Waals surface area contributed by atoms with Crippen LogP contribution < -0.4 is 4.57 Å². The summed E-state index contributed by atoms with van der Waals surface area (Å²) in [4.78, 5) is 4.38. The minimum Gasteiger partial charge on any atom is -0.261 e. The number of hydrogen-bond donors (Lipinski definition) is 0. The normalized spacial score (nSPS) is 10.5. The Morgan fingerprint density at radius 2 is 0.804 bits per heavy atom. The molecule has 2 aromatic heterocycles. The standard InChI is InChI=1S/C21H38N.C21H37N.BrH.ClH/c1-2-3-4-5-6-7-8-9-10-11-12-13-14-16-19-22-20-17-15-18-21-22;1-2-3-4-5-6-7-8-9-10-11-12-13-14-15-18-21-19-16-17-20-22-21;;/h15,17-18,20-21H,2-14,16,19H2,1H3;16-17,19-20H,2-15,18H2,1H3;2*1H/q+1;;;. The first-order chi connectivity index (χ1) is 21.9. The van der Waals surface area contributed by atoms with Gasteiger partial charge in [0.05, 0.1) is 0 Å². The van der Waals surface area contributed by atoms with Gasteiger partial charge in [0, 0.05) is 30.4 Å². The maximum atomic E-state index is 4.38. The molecule has 4 heteroatoms.